The molecule has 0 saturated heterocycles. The van der Waals surface area contributed by atoms with Crippen LogP contribution in [0.3, 0.4) is 0 Å². The fraction of sp³-hybridized carbons (Fsp3) is 0.200. The van der Waals surface area contributed by atoms with E-state index in [1.807, 2.05) is 0 Å². The summed E-state index contributed by atoms with van der Waals surface area (Å²) >= 11 is 2.79. The van der Waals surface area contributed by atoms with E-state index in [2.05, 4.69) is 15.9 Å². The second-order valence-electron chi connectivity index (χ2n) is 3.04. The molecule has 0 spiro atoms. The third-order valence-corrected chi connectivity index (χ3v) is 2.46. The minimum absolute atomic E-state index is 0.202. The van der Waals surface area contributed by atoms with Gasteiger partial charge in [0.25, 0.3) is 0 Å². The van der Waals surface area contributed by atoms with Crippen molar-refractivity contribution in [2.45, 2.75) is 6.18 Å². The summed E-state index contributed by atoms with van der Waals surface area (Å²) in [7, 11) is 0. The van der Waals surface area contributed by atoms with Crippen LogP contribution < -0.4 is 0 Å². The van der Waals surface area contributed by atoms with Gasteiger partial charge >= 0.3 is 6.18 Å². The number of hydrogen-bond acceptors (Lipinski definition) is 2. The first-order valence-corrected chi connectivity index (χ1v) is 5.33. The lowest BCUT2D eigenvalue weighted by molar-refractivity contribution is -0.140. The van der Waals surface area contributed by atoms with E-state index in [4.69, 9.17) is 5.26 Å². The molecule has 0 aliphatic heterocycles. The second-order valence-corrected chi connectivity index (χ2v) is 3.60. The summed E-state index contributed by atoms with van der Waals surface area (Å²) in [6, 6.07) is 2.22. The van der Waals surface area contributed by atoms with E-state index in [-0.39, 0.29) is 10.9 Å². The van der Waals surface area contributed by atoms with E-state index in [0.29, 0.717) is 12.1 Å². The number of rotatable bonds is 2. The number of nitrogens with zero attached hydrogens (tertiary/aromatic N) is 1. The number of Topliss-reactive ketones (excluding diaryl/α,β-unsaturated/α-hetero) is 1. The van der Waals surface area contributed by atoms with E-state index in [1.165, 1.54) is 6.07 Å². The molecule has 7 heteroatoms. The Balaban J connectivity index is 3.47. The van der Waals surface area contributed by atoms with Gasteiger partial charge in [-0.2, -0.15) is 18.4 Å². The van der Waals surface area contributed by atoms with Gasteiger partial charge in [0.15, 0.2) is 5.78 Å². The number of alkyl halides is 4. The molecule has 1 aromatic rings. The highest BCUT2D eigenvalue weighted by Gasteiger charge is 2.35. The Kier molecular flexibility index (Phi) is 3.88. The molecule has 0 bridgehead atoms. The van der Waals surface area contributed by atoms with Crippen molar-refractivity contribution in [1.82, 2.24) is 0 Å². The zero-order valence-corrected chi connectivity index (χ0v) is 9.69. The van der Waals surface area contributed by atoms with Gasteiger partial charge in [-0.15, -0.1) is 0 Å². The highest BCUT2D eigenvalue weighted by Crippen LogP contribution is 2.33. The van der Waals surface area contributed by atoms with Crippen molar-refractivity contribution >= 4 is 21.7 Å². The van der Waals surface area contributed by atoms with E-state index >= 15 is 0 Å². The maximum Gasteiger partial charge on any atom is 0.419 e. The minimum atomic E-state index is -4.90. The summed E-state index contributed by atoms with van der Waals surface area (Å²) in [5, 5.41) is 8.43. The Labute approximate surface area is 102 Å². The molecule has 1 aromatic carbocycles. The van der Waals surface area contributed by atoms with Crippen LogP contribution in [0.1, 0.15) is 21.5 Å². The van der Waals surface area contributed by atoms with Gasteiger partial charge in [0.1, 0.15) is 5.82 Å². The normalized spacial score (nSPS) is 11.1. The lowest BCUT2D eigenvalue weighted by atomic mass is 10.0. The topological polar surface area (TPSA) is 40.9 Å². The van der Waals surface area contributed by atoms with Crippen LogP contribution in [0.4, 0.5) is 17.6 Å². The van der Waals surface area contributed by atoms with E-state index in [1.54, 1.807) is 0 Å². The Bertz CT molecular complexity index is 504. The molecular weight excluding hydrogens is 306 g/mol. The van der Waals surface area contributed by atoms with Gasteiger partial charge in [-0.25, -0.2) is 4.39 Å². The molecule has 0 amide bonds. The SMILES string of the molecule is N#Cc1cc(C(F)(F)F)c(F)cc1C(=O)CBr. The third-order valence-electron chi connectivity index (χ3n) is 1.95. The first-order chi connectivity index (χ1) is 7.81. The van der Waals surface area contributed by atoms with Gasteiger partial charge in [-0.1, -0.05) is 15.9 Å². The number of benzene rings is 1. The predicted molar refractivity (Wildman–Crippen MR) is 54.2 cm³/mol. The first kappa shape index (κ1) is 13.6. The fourth-order valence-corrected chi connectivity index (χ4v) is 1.49. The fourth-order valence-electron chi connectivity index (χ4n) is 1.19. The predicted octanol–water partition coefficient (Wildman–Crippen LogP) is 3.29. The van der Waals surface area contributed by atoms with Crippen LogP contribution >= 0.6 is 15.9 Å². The second kappa shape index (κ2) is 4.84. The highest BCUT2D eigenvalue weighted by atomic mass is 79.9. The molecule has 17 heavy (non-hydrogen) atoms. The van der Waals surface area contributed by atoms with Gasteiger partial charge in [0, 0.05) is 5.56 Å². The van der Waals surface area contributed by atoms with Gasteiger partial charge in [0.05, 0.1) is 22.5 Å². The maximum atomic E-state index is 13.2. The van der Waals surface area contributed by atoms with Crippen molar-refractivity contribution in [3.8, 4) is 6.07 Å². The van der Waals surface area contributed by atoms with Crippen molar-refractivity contribution in [3.63, 3.8) is 0 Å². The number of carbonyl (C=O) groups is 1. The largest absolute Gasteiger partial charge is 0.419 e. The standard InChI is InChI=1S/C10H4BrF4NO/c11-3-9(17)6-2-8(12)7(10(13,14)15)1-5(6)4-16/h1-2H,3H2. The number of ketones is 1. The molecule has 0 N–H and O–H groups in total. The number of halogens is 5. The lowest BCUT2D eigenvalue weighted by Crippen LogP contribution is -2.12. The summed E-state index contributed by atoms with van der Waals surface area (Å²) in [5.41, 5.74) is -2.42. The summed E-state index contributed by atoms with van der Waals surface area (Å²) in [6.07, 6.45) is -4.90. The molecule has 90 valence electrons. The van der Waals surface area contributed by atoms with Crippen LogP contribution in [0.5, 0.6) is 0 Å². The van der Waals surface area contributed by atoms with E-state index < -0.39 is 28.9 Å². The molecule has 0 aromatic heterocycles. The molecule has 0 aliphatic rings. The quantitative estimate of drug-likeness (QED) is 0.478. The molecule has 0 fully saturated rings. The highest BCUT2D eigenvalue weighted by molar-refractivity contribution is 9.09. The molecule has 0 saturated carbocycles. The number of carbonyl (C=O) groups excluding carboxylic acids is 1. The molecule has 0 radical (unpaired) electrons. The molecule has 0 heterocycles. The van der Waals surface area contributed by atoms with Crippen molar-refractivity contribution in [3.05, 3.63) is 34.6 Å². The lowest BCUT2D eigenvalue weighted by Gasteiger charge is -2.10. The molecule has 0 unspecified atom stereocenters. The zero-order valence-electron chi connectivity index (χ0n) is 8.11. The summed E-state index contributed by atoms with van der Waals surface area (Å²) in [4.78, 5) is 11.3. The Hall–Kier alpha value is -1.42. The molecule has 0 atom stereocenters. The van der Waals surface area contributed by atoms with Crippen LogP contribution in [-0.2, 0) is 6.18 Å². The van der Waals surface area contributed by atoms with Gasteiger partial charge in [-0.05, 0) is 12.1 Å². The number of nitriles is 1. The maximum absolute atomic E-state index is 13.2. The van der Waals surface area contributed by atoms with E-state index in [0.717, 1.165) is 0 Å². The molecule has 0 aliphatic carbocycles. The van der Waals surface area contributed by atoms with Crippen LogP contribution in [0.25, 0.3) is 0 Å². The van der Waals surface area contributed by atoms with Crippen molar-refractivity contribution in [2.75, 3.05) is 5.33 Å². The van der Waals surface area contributed by atoms with Crippen molar-refractivity contribution in [2.24, 2.45) is 0 Å². The van der Waals surface area contributed by atoms with Crippen molar-refractivity contribution in [1.29, 1.82) is 5.26 Å². The van der Waals surface area contributed by atoms with Gasteiger partial charge in [-0.3, -0.25) is 4.79 Å². The monoisotopic (exact) mass is 309 g/mol. The molecule has 1 rings (SSSR count). The smallest absolute Gasteiger partial charge is 0.293 e. The summed E-state index contributed by atoms with van der Waals surface area (Å²) in [5.74, 6) is -2.23. The average molecular weight is 310 g/mol. The average Bonchev–Trinajstić information content (AvgIpc) is 2.26. The Morgan fingerprint density at radius 1 is 1.41 bits per heavy atom. The van der Waals surface area contributed by atoms with Crippen LogP contribution in [0.15, 0.2) is 12.1 Å². The third kappa shape index (κ3) is 2.82. The van der Waals surface area contributed by atoms with Crippen LogP contribution in [0.2, 0.25) is 0 Å². The summed E-state index contributed by atoms with van der Waals surface area (Å²) in [6.45, 7) is 0. The molecular formula is C10H4BrF4NO. The first-order valence-electron chi connectivity index (χ1n) is 4.21. The van der Waals surface area contributed by atoms with Gasteiger partial charge < -0.3 is 0 Å². The Morgan fingerprint density at radius 3 is 2.41 bits per heavy atom. The van der Waals surface area contributed by atoms with Crippen LogP contribution in [0, 0.1) is 17.1 Å². The van der Waals surface area contributed by atoms with E-state index in [9.17, 15) is 22.4 Å². The zero-order chi connectivity index (χ0) is 13.2. The minimum Gasteiger partial charge on any atom is -0.293 e. The van der Waals surface area contributed by atoms with Gasteiger partial charge in [0.2, 0.25) is 0 Å². The summed E-state index contributed by atoms with van der Waals surface area (Å²) < 4.78 is 50.2. The molecule has 2 nitrogen and oxygen atoms in total. The Morgan fingerprint density at radius 2 is 2.00 bits per heavy atom. The van der Waals surface area contributed by atoms with Crippen LogP contribution in [-0.4, -0.2) is 11.1 Å². The number of hydrogen-bond donors (Lipinski definition) is 0. The van der Waals surface area contributed by atoms with Crippen molar-refractivity contribution < 1.29 is 22.4 Å².